The molecule has 0 aliphatic heterocycles. The largest absolute Gasteiger partial charge is 0.280 e. The highest BCUT2D eigenvalue weighted by atomic mass is 32.1. The van der Waals surface area contributed by atoms with Crippen LogP contribution in [0.4, 0.5) is 5.13 Å². The molecule has 0 saturated heterocycles. The number of carbonyl (C=O) groups excluding carboxylic acids is 1. The molecule has 136 valence electrons. The third-order valence-electron chi connectivity index (χ3n) is 4.44. The van der Waals surface area contributed by atoms with Crippen molar-refractivity contribution in [1.29, 1.82) is 0 Å². The summed E-state index contributed by atoms with van der Waals surface area (Å²) in [6.45, 7) is 2.59. The molecular formula is C21H20N4OS. The molecule has 0 bridgehead atoms. The van der Waals surface area contributed by atoms with Crippen molar-refractivity contribution in [1.82, 2.24) is 14.8 Å². The molecule has 0 unspecified atom stereocenters. The van der Waals surface area contributed by atoms with E-state index in [1.165, 1.54) is 5.56 Å². The molecule has 0 aliphatic rings. The van der Waals surface area contributed by atoms with E-state index in [4.69, 9.17) is 4.98 Å². The lowest BCUT2D eigenvalue weighted by Crippen LogP contribution is -2.30. The lowest BCUT2D eigenvalue weighted by atomic mass is 10.2. The summed E-state index contributed by atoms with van der Waals surface area (Å²) in [5, 5.41) is 4.97. The minimum absolute atomic E-state index is 0.144. The Balaban J connectivity index is 1.75. The van der Waals surface area contributed by atoms with E-state index in [9.17, 15) is 4.79 Å². The molecule has 4 rings (SSSR count). The highest BCUT2D eigenvalue weighted by molar-refractivity contribution is 7.22. The number of aromatic nitrogens is 3. The molecule has 27 heavy (non-hydrogen) atoms. The van der Waals surface area contributed by atoms with Crippen LogP contribution in [0.15, 0.2) is 60.8 Å². The number of rotatable bonds is 5. The fourth-order valence-corrected chi connectivity index (χ4v) is 3.98. The van der Waals surface area contributed by atoms with Crippen LogP contribution in [-0.4, -0.2) is 20.7 Å². The second kappa shape index (κ2) is 7.32. The Kier molecular flexibility index (Phi) is 4.73. The Morgan fingerprint density at radius 2 is 1.93 bits per heavy atom. The molecule has 2 aromatic heterocycles. The third-order valence-corrected chi connectivity index (χ3v) is 5.48. The van der Waals surface area contributed by atoms with Gasteiger partial charge in [-0.2, -0.15) is 5.10 Å². The number of carbonyl (C=O) groups is 1. The first-order valence-electron chi connectivity index (χ1n) is 8.89. The minimum atomic E-state index is -0.144. The maximum absolute atomic E-state index is 13.2. The van der Waals surface area contributed by atoms with Gasteiger partial charge in [0.1, 0.15) is 0 Å². The number of hydrogen-bond acceptors (Lipinski definition) is 4. The van der Waals surface area contributed by atoms with Gasteiger partial charge in [-0.15, -0.1) is 0 Å². The van der Waals surface area contributed by atoms with Crippen LogP contribution in [0.1, 0.15) is 28.5 Å². The minimum Gasteiger partial charge on any atom is -0.278 e. The van der Waals surface area contributed by atoms with Crippen molar-refractivity contribution in [3.8, 4) is 0 Å². The second-order valence-corrected chi connectivity index (χ2v) is 7.41. The molecule has 4 aromatic rings. The van der Waals surface area contributed by atoms with E-state index in [2.05, 4.69) is 24.2 Å². The fraction of sp³-hybridized carbons (Fsp3) is 0.190. The molecule has 0 spiro atoms. The Hall–Kier alpha value is -2.99. The van der Waals surface area contributed by atoms with E-state index in [1.807, 2.05) is 43.4 Å². The van der Waals surface area contributed by atoms with E-state index >= 15 is 0 Å². The summed E-state index contributed by atoms with van der Waals surface area (Å²) in [5.41, 5.74) is 3.65. The van der Waals surface area contributed by atoms with Gasteiger partial charge in [-0.1, -0.05) is 54.7 Å². The van der Waals surface area contributed by atoms with Gasteiger partial charge in [0, 0.05) is 13.2 Å². The van der Waals surface area contributed by atoms with Gasteiger partial charge in [-0.05, 0) is 35.7 Å². The molecule has 2 aromatic carbocycles. The maximum atomic E-state index is 13.2. The average molecular weight is 376 g/mol. The van der Waals surface area contributed by atoms with E-state index in [0.29, 0.717) is 17.4 Å². The van der Waals surface area contributed by atoms with Crippen molar-refractivity contribution >= 4 is 32.6 Å². The van der Waals surface area contributed by atoms with Crippen molar-refractivity contribution in [2.45, 2.75) is 19.9 Å². The number of aryl methyl sites for hydroxylation is 2. The summed E-state index contributed by atoms with van der Waals surface area (Å²) in [7, 11) is 1.81. The zero-order valence-corrected chi connectivity index (χ0v) is 16.1. The van der Waals surface area contributed by atoms with Gasteiger partial charge >= 0.3 is 0 Å². The van der Waals surface area contributed by atoms with Crippen molar-refractivity contribution in [2.75, 3.05) is 4.90 Å². The van der Waals surface area contributed by atoms with Gasteiger partial charge in [0.2, 0.25) is 0 Å². The Morgan fingerprint density at radius 3 is 2.63 bits per heavy atom. The van der Waals surface area contributed by atoms with Crippen LogP contribution in [0.3, 0.4) is 0 Å². The molecule has 0 aliphatic carbocycles. The SMILES string of the molecule is CCc1ccc2nc(N(Cc3ccccc3)C(=O)c3ccn(C)n3)sc2c1. The van der Waals surface area contributed by atoms with Gasteiger partial charge in [-0.25, -0.2) is 4.98 Å². The summed E-state index contributed by atoms with van der Waals surface area (Å²) < 4.78 is 2.73. The lowest BCUT2D eigenvalue weighted by molar-refractivity contribution is 0.0979. The predicted octanol–water partition coefficient (Wildman–Crippen LogP) is 4.44. The van der Waals surface area contributed by atoms with E-state index < -0.39 is 0 Å². The quantitative estimate of drug-likeness (QED) is 0.517. The van der Waals surface area contributed by atoms with Crippen LogP contribution in [0.25, 0.3) is 10.2 Å². The third kappa shape index (κ3) is 3.61. The summed E-state index contributed by atoms with van der Waals surface area (Å²) >= 11 is 1.54. The number of fused-ring (bicyclic) bond motifs is 1. The second-order valence-electron chi connectivity index (χ2n) is 6.40. The molecule has 1 amide bonds. The van der Waals surface area contributed by atoms with Gasteiger partial charge < -0.3 is 0 Å². The normalized spacial score (nSPS) is 11.0. The number of benzene rings is 2. The van der Waals surface area contributed by atoms with Crippen molar-refractivity contribution in [3.05, 3.63) is 77.6 Å². The summed E-state index contributed by atoms with van der Waals surface area (Å²) in [4.78, 5) is 19.6. The number of hydrogen-bond donors (Lipinski definition) is 0. The van der Waals surface area contributed by atoms with Crippen LogP contribution in [-0.2, 0) is 20.0 Å². The Bertz CT molecular complexity index is 1080. The predicted molar refractivity (Wildman–Crippen MR) is 109 cm³/mol. The number of thiazole rings is 1. The molecule has 0 radical (unpaired) electrons. The molecule has 6 heteroatoms. The highest BCUT2D eigenvalue weighted by Crippen LogP contribution is 2.31. The number of amides is 1. The topological polar surface area (TPSA) is 51.0 Å². The summed E-state index contributed by atoms with van der Waals surface area (Å²) in [6.07, 6.45) is 2.75. The highest BCUT2D eigenvalue weighted by Gasteiger charge is 2.23. The van der Waals surface area contributed by atoms with Crippen LogP contribution < -0.4 is 4.90 Å². The first-order valence-corrected chi connectivity index (χ1v) is 9.70. The average Bonchev–Trinajstić information content (AvgIpc) is 3.31. The fourth-order valence-electron chi connectivity index (χ4n) is 2.95. The molecule has 0 fully saturated rings. The molecule has 0 N–H and O–H groups in total. The Labute approximate surface area is 161 Å². The van der Waals surface area contributed by atoms with Gasteiger partial charge in [-0.3, -0.25) is 14.4 Å². The van der Waals surface area contributed by atoms with Crippen LogP contribution in [0, 0.1) is 0 Å². The number of anilines is 1. The smallest absolute Gasteiger partial charge is 0.278 e. The molecule has 5 nitrogen and oxygen atoms in total. The molecule has 2 heterocycles. The summed E-state index contributed by atoms with van der Waals surface area (Å²) in [5.74, 6) is -0.144. The molecular weight excluding hydrogens is 356 g/mol. The lowest BCUT2D eigenvalue weighted by Gasteiger charge is -2.19. The van der Waals surface area contributed by atoms with Gasteiger partial charge in [0.15, 0.2) is 10.8 Å². The Morgan fingerprint density at radius 1 is 1.11 bits per heavy atom. The van der Waals surface area contributed by atoms with Crippen molar-refractivity contribution in [3.63, 3.8) is 0 Å². The van der Waals surface area contributed by atoms with Crippen LogP contribution >= 0.6 is 11.3 Å². The van der Waals surface area contributed by atoms with Gasteiger partial charge in [0.05, 0.1) is 16.8 Å². The van der Waals surface area contributed by atoms with Gasteiger partial charge in [0.25, 0.3) is 5.91 Å². The zero-order chi connectivity index (χ0) is 18.8. The molecule has 0 atom stereocenters. The maximum Gasteiger partial charge on any atom is 0.280 e. The van der Waals surface area contributed by atoms with E-state index in [-0.39, 0.29) is 5.91 Å². The van der Waals surface area contributed by atoms with Crippen LogP contribution in [0.2, 0.25) is 0 Å². The van der Waals surface area contributed by atoms with Crippen molar-refractivity contribution < 1.29 is 4.79 Å². The van der Waals surface area contributed by atoms with E-state index in [1.54, 1.807) is 33.2 Å². The standard InChI is InChI=1S/C21H20N4OS/c1-3-15-9-10-17-19(13-15)27-21(22-17)25(14-16-7-5-4-6-8-16)20(26)18-11-12-24(2)23-18/h4-13H,3,14H2,1-2H3. The molecule has 0 saturated carbocycles. The van der Waals surface area contributed by atoms with Crippen molar-refractivity contribution in [2.24, 2.45) is 7.05 Å². The first-order chi connectivity index (χ1) is 13.1. The van der Waals surface area contributed by atoms with E-state index in [0.717, 1.165) is 22.2 Å². The first kappa shape index (κ1) is 17.4. The van der Waals surface area contributed by atoms with Crippen LogP contribution in [0.5, 0.6) is 0 Å². The summed E-state index contributed by atoms with van der Waals surface area (Å²) in [6, 6.07) is 18.0. The number of nitrogens with zero attached hydrogens (tertiary/aromatic N) is 4. The monoisotopic (exact) mass is 376 g/mol. The zero-order valence-electron chi connectivity index (χ0n) is 15.3.